The van der Waals surface area contributed by atoms with Gasteiger partial charge in [-0.1, -0.05) is 84.2 Å². The molecule has 0 amide bonds. The summed E-state index contributed by atoms with van der Waals surface area (Å²) < 4.78 is 0. The van der Waals surface area contributed by atoms with Gasteiger partial charge in [0.15, 0.2) is 0 Å². The maximum atomic E-state index is 2.76. The van der Waals surface area contributed by atoms with Gasteiger partial charge in [0.2, 0.25) is 0 Å². The number of hydrogen-bond donors (Lipinski definition) is 0. The highest BCUT2D eigenvalue weighted by Gasteiger charge is 2.60. The molecule has 4 aliphatic rings. The van der Waals surface area contributed by atoms with Crippen molar-refractivity contribution in [3.05, 3.63) is 35.9 Å². The average Bonchev–Trinajstić information content (AvgIpc) is 3.16. The van der Waals surface area contributed by atoms with Crippen molar-refractivity contribution in [2.24, 2.45) is 52.3 Å². The lowest BCUT2D eigenvalue weighted by Gasteiger charge is -2.61. The first kappa shape index (κ1) is 23.9. The lowest BCUT2D eigenvalue weighted by molar-refractivity contribution is -0.117. The van der Waals surface area contributed by atoms with Gasteiger partial charge in [0.1, 0.15) is 0 Å². The Hall–Kier alpha value is -0.780. The van der Waals surface area contributed by atoms with Crippen molar-refractivity contribution in [3.63, 3.8) is 0 Å². The first-order chi connectivity index (χ1) is 15.8. The Morgan fingerprint density at radius 1 is 0.788 bits per heavy atom. The normalized spacial score (nSPS) is 43.6. The molecule has 0 N–H and O–H groups in total. The van der Waals surface area contributed by atoms with Crippen molar-refractivity contribution in [2.75, 3.05) is 0 Å². The zero-order valence-electron chi connectivity index (χ0n) is 22.5. The SMILES string of the molecule is CC(C)CCC[C@@H](C)[C@H]1CC[C@H]2[C@@H]3CCC4CC(c5ccccc5)CC[C@]4(C)[C@H]3CC[C@]12C. The van der Waals surface area contributed by atoms with Crippen LogP contribution in [0, 0.1) is 52.3 Å². The van der Waals surface area contributed by atoms with Gasteiger partial charge >= 0.3 is 0 Å². The fraction of sp³-hybridized carbons (Fsp3) is 0.818. The van der Waals surface area contributed by atoms with Crippen LogP contribution in [0.25, 0.3) is 0 Å². The van der Waals surface area contributed by atoms with Gasteiger partial charge in [-0.2, -0.15) is 0 Å². The number of fused-ring (bicyclic) bond motifs is 5. The van der Waals surface area contributed by atoms with E-state index in [9.17, 15) is 0 Å². The van der Waals surface area contributed by atoms with Crippen LogP contribution in [0.15, 0.2) is 30.3 Å². The van der Waals surface area contributed by atoms with Gasteiger partial charge in [0.25, 0.3) is 0 Å². The highest BCUT2D eigenvalue weighted by Crippen LogP contribution is 2.69. The predicted molar refractivity (Wildman–Crippen MR) is 142 cm³/mol. The molecule has 184 valence electrons. The van der Waals surface area contributed by atoms with E-state index in [1.165, 1.54) is 64.2 Å². The summed E-state index contributed by atoms with van der Waals surface area (Å²) in [6.07, 6.45) is 17.9. The van der Waals surface area contributed by atoms with E-state index < -0.39 is 0 Å². The van der Waals surface area contributed by atoms with E-state index >= 15 is 0 Å². The fourth-order valence-electron chi connectivity index (χ4n) is 10.3. The summed E-state index contributed by atoms with van der Waals surface area (Å²) in [6.45, 7) is 12.9. The Labute approximate surface area is 205 Å². The third-order valence-electron chi connectivity index (χ3n) is 12.1. The Morgan fingerprint density at radius 3 is 2.27 bits per heavy atom. The van der Waals surface area contributed by atoms with Crippen LogP contribution in [0.4, 0.5) is 0 Å². The van der Waals surface area contributed by atoms with Crippen LogP contribution in [-0.2, 0) is 0 Å². The van der Waals surface area contributed by atoms with Crippen LogP contribution >= 0.6 is 0 Å². The standard InChI is InChI=1S/C33H52/c1-23(2)10-9-11-24(3)29-16-17-30-28-15-14-27-22-26(25-12-7-6-8-13-25)18-20-32(27,4)31(28)19-21-33(29,30)5/h6-8,12-13,23-24,26-31H,9-11,14-22H2,1-5H3/t24-,26?,27?,28+,29-,30+,31+,32+,33-/m1/s1. The van der Waals surface area contributed by atoms with E-state index in [1.807, 2.05) is 0 Å². The second kappa shape index (κ2) is 9.35. The molecule has 4 aliphatic carbocycles. The monoisotopic (exact) mass is 448 g/mol. The lowest BCUT2D eigenvalue weighted by Crippen LogP contribution is -2.53. The van der Waals surface area contributed by atoms with Crippen molar-refractivity contribution in [2.45, 2.75) is 118 Å². The van der Waals surface area contributed by atoms with Crippen molar-refractivity contribution in [1.82, 2.24) is 0 Å². The Balaban J connectivity index is 1.27. The fourth-order valence-corrected chi connectivity index (χ4v) is 10.3. The highest BCUT2D eigenvalue weighted by atomic mass is 14.6. The maximum Gasteiger partial charge on any atom is -0.0159 e. The molecule has 0 saturated heterocycles. The molecule has 2 unspecified atom stereocenters. The summed E-state index contributed by atoms with van der Waals surface area (Å²) in [5.74, 6) is 7.66. The van der Waals surface area contributed by atoms with E-state index in [2.05, 4.69) is 65.0 Å². The van der Waals surface area contributed by atoms with Crippen LogP contribution in [0.5, 0.6) is 0 Å². The quantitative estimate of drug-likeness (QED) is 0.406. The molecule has 0 aliphatic heterocycles. The number of benzene rings is 1. The average molecular weight is 449 g/mol. The summed E-state index contributed by atoms with van der Waals surface area (Å²) in [5, 5.41) is 0. The smallest absolute Gasteiger partial charge is 0.0159 e. The molecule has 9 atom stereocenters. The summed E-state index contributed by atoms with van der Waals surface area (Å²) in [5.41, 5.74) is 2.88. The van der Waals surface area contributed by atoms with Crippen molar-refractivity contribution < 1.29 is 0 Å². The summed E-state index contributed by atoms with van der Waals surface area (Å²) in [4.78, 5) is 0. The van der Waals surface area contributed by atoms with Gasteiger partial charge in [-0.3, -0.25) is 0 Å². The molecule has 0 heteroatoms. The van der Waals surface area contributed by atoms with E-state index in [1.54, 1.807) is 18.4 Å². The third-order valence-corrected chi connectivity index (χ3v) is 12.1. The van der Waals surface area contributed by atoms with Crippen LogP contribution in [0.2, 0.25) is 0 Å². The molecule has 0 radical (unpaired) electrons. The second-order valence-electron chi connectivity index (χ2n) is 14.1. The van der Waals surface area contributed by atoms with Crippen LogP contribution < -0.4 is 0 Å². The van der Waals surface area contributed by atoms with Gasteiger partial charge in [-0.05, 0) is 122 Å². The Morgan fingerprint density at radius 2 is 1.52 bits per heavy atom. The van der Waals surface area contributed by atoms with Crippen molar-refractivity contribution >= 4 is 0 Å². The molecule has 5 rings (SSSR count). The molecule has 0 aromatic heterocycles. The molecular weight excluding hydrogens is 396 g/mol. The Bertz CT molecular complexity index is 778. The highest BCUT2D eigenvalue weighted by molar-refractivity contribution is 5.21. The molecule has 4 fully saturated rings. The maximum absolute atomic E-state index is 2.76. The molecule has 1 aromatic carbocycles. The van der Waals surface area contributed by atoms with Crippen LogP contribution in [0.3, 0.4) is 0 Å². The summed E-state index contributed by atoms with van der Waals surface area (Å²) in [7, 11) is 0. The molecule has 4 saturated carbocycles. The van der Waals surface area contributed by atoms with Gasteiger partial charge < -0.3 is 0 Å². The minimum atomic E-state index is 0.622. The molecule has 0 nitrogen and oxygen atoms in total. The first-order valence-electron chi connectivity index (χ1n) is 14.9. The zero-order chi connectivity index (χ0) is 23.2. The molecule has 0 spiro atoms. The topological polar surface area (TPSA) is 0 Å². The van der Waals surface area contributed by atoms with Crippen molar-refractivity contribution in [1.29, 1.82) is 0 Å². The van der Waals surface area contributed by atoms with Gasteiger partial charge in [-0.15, -0.1) is 0 Å². The molecule has 0 bridgehead atoms. The van der Waals surface area contributed by atoms with Crippen molar-refractivity contribution in [3.8, 4) is 0 Å². The molecule has 1 aromatic rings. The number of hydrogen-bond acceptors (Lipinski definition) is 0. The third kappa shape index (κ3) is 4.25. The predicted octanol–water partition coefficient (Wildman–Crippen LogP) is 9.89. The largest absolute Gasteiger partial charge is 0.0628 e. The zero-order valence-corrected chi connectivity index (χ0v) is 22.5. The first-order valence-corrected chi connectivity index (χ1v) is 14.9. The van der Waals surface area contributed by atoms with E-state index in [4.69, 9.17) is 0 Å². The summed E-state index contributed by atoms with van der Waals surface area (Å²) in [6, 6.07) is 11.5. The minimum Gasteiger partial charge on any atom is -0.0628 e. The van der Waals surface area contributed by atoms with Gasteiger partial charge in [-0.25, -0.2) is 0 Å². The summed E-state index contributed by atoms with van der Waals surface area (Å²) >= 11 is 0. The van der Waals surface area contributed by atoms with Gasteiger partial charge in [0.05, 0.1) is 0 Å². The number of rotatable bonds is 6. The van der Waals surface area contributed by atoms with Crippen LogP contribution in [0.1, 0.15) is 123 Å². The van der Waals surface area contributed by atoms with E-state index in [0.717, 1.165) is 47.3 Å². The minimum absolute atomic E-state index is 0.622. The van der Waals surface area contributed by atoms with E-state index in [0.29, 0.717) is 10.8 Å². The molecule has 33 heavy (non-hydrogen) atoms. The molecular formula is C33H52. The van der Waals surface area contributed by atoms with E-state index in [-0.39, 0.29) is 0 Å². The van der Waals surface area contributed by atoms with Gasteiger partial charge in [0, 0.05) is 0 Å². The Kier molecular flexibility index (Phi) is 6.78. The van der Waals surface area contributed by atoms with Crippen LogP contribution in [-0.4, -0.2) is 0 Å². The lowest BCUT2D eigenvalue weighted by atomic mass is 9.43. The second-order valence-corrected chi connectivity index (χ2v) is 14.1. The molecule has 0 heterocycles.